The van der Waals surface area contributed by atoms with Crippen LogP contribution in [0.4, 0.5) is 14.9 Å². The van der Waals surface area contributed by atoms with Crippen LogP contribution in [-0.2, 0) is 6.54 Å². The minimum absolute atomic E-state index is 0.0837. The number of carbonyl (C=O) groups is 1. The number of pyridine rings is 1. The van der Waals surface area contributed by atoms with Crippen LogP contribution < -0.4 is 20.1 Å². The van der Waals surface area contributed by atoms with Crippen LogP contribution in [0.25, 0.3) is 0 Å². The summed E-state index contributed by atoms with van der Waals surface area (Å²) in [6.45, 7) is 2.04. The van der Waals surface area contributed by atoms with Crippen molar-refractivity contribution in [2.24, 2.45) is 0 Å². The summed E-state index contributed by atoms with van der Waals surface area (Å²) >= 11 is 0. The molecule has 0 unspecified atom stereocenters. The summed E-state index contributed by atoms with van der Waals surface area (Å²) in [7, 11) is 1.57. The van der Waals surface area contributed by atoms with E-state index < -0.39 is 6.03 Å². The maximum Gasteiger partial charge on any atom is 0.319 e. The molecule has 0 atom stereocenters. The predicted molar refractivity (Wildman–Crippen MR) is 104 cm³/mol. The molecule has 0 aliphatic carbocycles. The van der Waals surface area contributed by atoms with Crippen molar-refractivity contribution in [2.45, 2.75) is 13.5 Å². The van der Waals surface area contributed by atoms with Gasteiger partial charge in [-0.05, 0) is 36.8 Å². The molecule has 2 aromatic carbocycles. The van der Waals surface area contributed by atoms with Gasteiger partial charge in [0, 0.05) is 18.2 Å². The molecule has 0 saturated heterocycles. The molecule has 1 heterocycles. The molecule has 0 aliphatic rings. The Hall–Kier alpha value is -3.61. The predicted octanol–water partition coefficient (Wildman–Crippen LogP) is 4.65. The van der Waals surface area contributed by atoms with Crippen LogP contribution in [-0.4, -0.2) is 18.1 Å². The summed E-state index contributed by atoms with van der Waals surface area (Å²) in [6, 6.07) is 14.7. The van der Waals surface area contributed by atoms with Crippen LogP contribution in [0.2, 0.25) is 0 Å². The second-order valence-corrected chi connectivity index (χ2v) is 6.04. The van der Waals surface area contributed by atoms with Crippen molar-refractivity contribution in [3.05, 3.63) is 77.7 Å². The SMILES string of the molecule is COc1cc(C)ccc1Oc1ccc(NC(=O)NCc2ccccc2F)cn1. The Kier molecular flexibility index (Phi) is 6.06. The Balaban J connectivity index is 1.57. The van der Waals surface area contributed by atoms with Crippen molar-refractivity contribution in [3.8, 4) is 17.4 Å². The zero-order chi connectivity index (χ0) is 19.9. The Morgan fingerprint density at radius 1 is 1.11 bits per heavy atom. The molecule has 144 valence electrons. The molecule has 28 heavy (non-hydrogen) atoms. The first-order valence-electron chi connectivity index (χ1n) is 8.62. The number of anilines is 1. The molecule has 2 N–H and O–H groups in total. The monoisotopic (exact) mass is 381 g/mol. The Bertz CT molecular complexity index is 961. The molecular weight excluding hydrogens is 361 g/mol. The molecule has 0 aliphatic heterocycles. The first-order valence-corrected chi connectivity index (χ1v) is 8.62. The van der Waals surface area contributed by atoms with Gasteiger partial charge in [-0.15, -0.1) is 0 Å². The molecule has 0 spiro atoms. The van der Waals surface area contributed by atoms with Gasteiger partial charge in [-0.3, -0.25) is 0 Å². The highest BCUT2D eigenvalue weighted by Gasteiger charge is 2.08. The van der Waals surface area contributed by atoms with Crippen molar-refractivity contribution in [1.29, 1.82) is 0 Å². The first kappa shape index (κ1) is 19.2. The first-order chi connectivity index (χ1) is 13.5. The number of methoxy groups -OCH3 is 1. The van der Waals surface area contributed by atoms with E-state index in [2.05, 4.69) is 15.6 Å². The fraction of sp³-hybridized carbons (Fsp3) is 0.143. The van der Waals surface area contributed by atoms with E-state index in [-0.39, 0.29) is 12.4 Å². The standard InChI is InChI=1S/C21H20FN3O3/c1-14-7-9-18(19(11-14)27-2)28-20-10-8-16(13-23-20)25-21(26)24-12-15-5-3-4-6-17(15)22/h3-11,13H,12H2,1-2H3,(H2,24,25,26). The van der Waals surface area contributed by atoms with Crippen molar-refractivity contribution >= 4 is 11.7 Å². The van der Waals surface area contributed by atoms with E-state index >= 15 is 0 Å². The molecule has 0 bridgehead atoms. The number of ether oxygens (including phenoxy) is 2. The molecular formula is C21H20FN3O3. The summed E-state index contributed by atoms with van der Waals surface area (Å²) in [6.07, 6.45) is 1.47. The topological polar surface area (TPSA) is 72.5 Å². The molecule has 3 rings (SSSR count). The zero-order valence-electron chi connectivity index (χ0n) is 15.5. The highest BCUT2D eigenvalue weighted by Crippen LogP contribution is 2.31. The van der Waals surface area contributed by atoms with E-state index in [0.29, 0.717) is 28.6 Å². The molecule has 0 radical (unpaired) electrons. The lowest BCUT2D eigenvalue weighted by Gasteiger charge is -2.11. The van der Waals surface area contributed by atoms with Crippen LogP contribution >= 0.6 is 0 Å². The lowest BCUT2D eigenvalue weighted by atomic mass is 10.2. The van der Waals surface area contributed by atoms with E-state index in [9.17, 15) is 9.18 Å². The normalized spacial score (nSPS) is 10.2. The molecule has 1 aromatic heterocycles. The number of aromatic nitrogens is 1. The summed E-state index contributed by atoms with van der Waals surface area (Å²) in [5.41, 5.74) is 1.94. The van der Waals surface area contributed by atoms with Gasteiger partial charge in [-0.25, -0.2) is 14.2 Å². The van der Waals surface area contributed by atoms with Gasteiger partial charge in [0.05, 0.1) is 19.0 Å². The molecule has 0 saturated carbocycles. The van der Waals surface area contributed by atoms with Crippen LogP contribution in [0.15, 0.2) is 60.8 Å². The van der Waals surface area contributed by atoms with Crippen molar-refractivity contribution in [2.75, 3.05) is 12.4 Å². The summed E-state index contributed by atoms with van der Waals surface area (Å²) < 4.78 is 24.6. The van der Waals surface area contributed by atoms with Crippen molar-refractivity contribution in [1.82, 2.24) is 10.3 Å². The van der Waals surface area contributed by atoms with E-state index in [4.69, 9.17) is 9.47 Å². The summed E-state index contributed by atoms with van der Waals surface area (Å²) in [5, 5.41) is 5.23. The number of urea groups is 1. The number of amides is 2. The number of halogens is 1. The van der Waals surface area contributed by atoms with Crippen molar-refractivity contribution in [3.63, 3.8) is 0 Å². The zero-order valence-corrected chi connectivity index (χ0v) is 15.5. The highest BCUT2D eigenvalue weighted by molar-refractivity contribution is 5.88. The largest absolute Gasteiger partial charge is 0.493 e. The number of nitrogens with one attached hydrogen (secondary N) is 2. The van der Waals surface area contributed by atoms with Crippen LogP contribution in [0, 0.1) is 12.7 Å². The van der Waals surface area contributed by atoms with Gasteiger partial charge in [0.15, 0.2) is 11.5 Å². The third kappa shape index (κ3) is 4.97. The third-order valence-corrected chi connectivity index (χ3v) is 3.93. The Labute approximate surface area is 162 Å². The Morgan fingerprint density at radius 2 is 1.93 bits per heavy atom. The van der Waals surface area contributed by atoms with Gasteiger partial charge in [0.25, 0.3) is 0 Å². The van der Waals surface area contributed by atoms with Gasteiger partial charge in [0.2, 0.25) is 5.88 Å². The lowest BCUT2D eigenvalue weighted by Crippen LogP contribution is -2.28. The Morgan fingerprint density at radius 3 is 2.64 bits per heavy atom. The molecule has 0 fully saturated rings. The van der Waals surface area contributed by atoms with E-state index in [1.54, 1.807) is 43.5 Å². The van der Waals surface area contributed by atoms with Crippen LogP contribution in [0.3, 0.4) is 0 Å². The smallest absolute Gasteiger partial charge is 0.319 e. The van der Waals surface area contributed by atoms with Gasteiger partial charge < -0.3 is 20.1 Å². The third-order valence-electron chi connectivity index (χ3n) is 3.93. The number of nitrogens with zero attached hydrogens (tertiary/aromatic N) is 1. The maximum absolute atomic E-state index is 13.6. The van der Waals surface area contributed by atoms with Crippen LogP contribution in [0.1, 0.15) is 11.1 Å². The van der Waals surface area contributed by atoms with Gasteiger partial charge in [0.1, 0.15) is 5.82 Å². The van der Waals surface area contributed by atoms with Crippen molar-refractivity contribution < 1.29 is 18.7 Å². The van der Waals surface area contributed by atoms with Gasteiger partial charge in [-0.2, -0.15) is 0 Å². The highest BCUT2D eigenvalue weighted by atomic mass is 19.1. The number of aryl methyl sites for hydroxylation is 1. The average Bonchev–Trinajstić information content (AvgIpc) is 2.70. The molecule has 7 heteroatoms. The summed E-state index contributed by atoms with van der Waals surface area (Å²) in [5.74, 6) is 1.15. The number of benzene rings is 2. The minimum atomic E-state index is -0.459. The van der Waals surface area contributed by atoms with E-state index in [1.807, 2.05) is 19.1 Å². The fourth-order valence-corrected chi connectivity index (χ4v) is 2.48. The average molecular weight is 381 g/mol. The number of hydrogen-bond acceptors (Lipinski definition) is 4. The quantitative estimate of drug-likeness (QED) is 0.652. The van der Waals surface area contributed by atoms with E-state index in [1.165, 1.54) is 12.3 Å². The van der Waals surface area contributed by atoms with E-state index in [0.717, 1.165) is 5.56 Å². The molecule has 6 nitrogen and oxygen atoms in total. The number of hydrogen-bond donors (Lipinski definition) is 2. The molecule has 2 amide bonds. The fourth-order valence-electron chi connectivity index (χ4n) is 2.48. The van der Waals surface area contributed by atoms with Gasteiger partial charge in [-0.1, -0.05) is 24.3 Å². The minimum Gasteiger partial charge on any atom is -0.493 e. The van der Waals surface area contributed by atoms with Gasteiger partial charge >= 0.3 is 6.03 Å². The number of rotatable bonds is 6. The second kappa shape index (κ2) is 8.85. The number of carbonyl (C=O) groups excluding carboxylic acids is 1. The van der Waals surface area contributed by atoms with Crippen LogP contribution in [0.5, 0.6) is 17.4 Å². The second-order valence-electron chi connectivity index (χ2n) is 6.04. The lowest BCUT2D eigenvalue weighted by molar-refractivity contribution is 0.251. The maximum atomic E-state index is 13.6. The summed E-state index contributed by atoms with van der Waals surface area (Å²) in [4.78, 5) is 16.1. The molecule has 3 aromatic rings.